The summed E-state index contributed by atoms with van der Waals surface area (Å²) in [4.78, 5) is 24.7. The maximum Gasteiger partial charge on any atom is 0.326 e. The van der Waals surface area contributed by atoms with Gasteiger partial charge in [-0.25, -0.2) is 9.59 Å². The van der Waals surface area contributed by atoms with Crippen molar-refractivity contribution < 1.29 is 19.4 Å². The van der Waals surface area contributed by atoms with E-state index in [1.165, 1.54) is 17.7 Å². The molecule has 2 amide bonds. The number of urea groups is 1. The SMILES string of the molecule is CC1CCN(C(=O)NCCOCC2CC2)C(C(=O)O)C1. The molecule has 2 atom stereocenters. The number of aliphatic carboxylic acids is 1. The minimum atomic E-state index is -0.920. The predicted octanol–water partition coefficient (Wildman–Crippen LogP) is 1.31. The molecule has 1 heterocycles. The van der Waals surface area contributed by atoms with E-state index in [2.05, 4.69) is 5.32 Å². The van der Waals surface area contributed by atoms with Gasteiger partial charge in [-0.05, 0) is 37.5 Å². The van der Waals surface area contributed by atoms with Crippen molar-refractivity contribution in [2.75, 3.05) is 26.3 Å². The predicted molar refractivity (Wildman–Crippen MR) is 73.5 cm³/mol. The number of ether oxygens (including phenoxy) is 1. The van der Waals surface area contributed by atoms with E-state index in [1.807, 2.05) is 6.92 Å². The normalized spacial score (nSPS) is 26.4. The lowest BCUT2D eigenvalue weighted by molar-refractivity contribution is -0.143. The van der Waals surface area contributed by atoms with E-state index in [1.54, 1.807) is 0 Å². The number of hydrogen-bond acceptors (Lipinski definition) is 3. The summed E-state index contributed by atoms with van der Waals surface area (Å²) in [6.45, 7) is 4.23. The first-order valence-corrected chi connectivity index (χ1v) is 7.43. The van der Waals surface area contributed by atoms with Crippen LogP contribution in [0.15, 0.2) is 0 Å². The van der Waals surface area contributed by atoms with Gasteiger partial charge in [-0.15, -0.1) is 0 Å². The van der Waals surface area contributed by atoms with Gasteiger partial charge in [0.15, 0.2) is 0 Å². The molecule has 2 rings (SSSR count). The molecule has 0 aromatic heterocycles. The first kappa shape index (κ1) is 15.1. The van der Waals surface area contributed by atoms with Crippen LogP contribution in [0.1, 0.15) is 32.6 Å². The zero-order valence-corrected chi connectivity index (χ0v) is 12.0. The molecule has 2 fully saturated rings. The second kappa shape index (κ2) is 6.92. The maximum atomic E-state index is 12.0. The molecule has 0 aromatic carbocycles. The van der Waals surface area contributed by atoms with Gasteiger partial charge in [0.05, 0.1) is 6.61 Å². The monoisotopic (exact) mass is 284 g/mol. The van der Waals surface area contributed by atoms with E-state index in [0.29, 0.717) is 38.0 Å². The van der Waals surface area contributed by atoms with Crippen molar-refractivity contribution in [1.82, 2.24) is 10.2 Å². The van der Waals surface area contributed by atoms with Crippen molar-refractivity contribution in [2.24, 2.45) is 11.8 Å². The van der Waals surface area contributed by atoms with Crippen molar-refractivity contribution in [3.8, 4) is 0 Å². The third kappa shape index (κ3) is 4.37. The zero-order chi connectivity index (χ0) is 14.5. The summed E-state index contributed by atoms with van der Waals surface area (Å²) in [5.41, 5.74) is 0. The van der Waals surface area contributed by atoms with Crippen LogP contribution in [-0.2, 0) is 9.53 Å². The molecule has 2 aliphatic rings. The van der Waals surface area contributed by atoms with E-state index in [4.69, 9.17) is 4.74 Å². The van der Waals surface area contributed by atoms with Gasteiger partial charge in [-0.3, -0.25) is 0 Å². The van der Waals surface area contributed by atoms with Crippen LogP contribution >= 0.6 is 0 Å². The molecule has 6 nitrogen and oxygen atoms in total. The summed E-state index contributed by atoms with van der Waals surface area (Å²) >= 11 is 0. The Morgan fingerprint density at radius 3 is 2.75 bits per heavy atom. The largest absolute Gasteiger partial charge is 0.480 e. The number of carbonyl (C=O) groups excluding carboxylic acids is 1. The Hall–Kier alpha value is -1.30. The highest BCUT2D eigenvalue weighted by molar-refractivity contribution is 5.82. The average Bonchev–Trinajstić information content (AvgIpc) is 3.22. The fourth-order valence-corrected chi connectivity index (χ4v) is 2.48. The Balaban J connectivity index is 1.70. The topological polar surface area (TPSA) is 78.9 Å². The molecule has 0 radical (unpaired) electrons. The average molecular weight is 284 g/mol. The van der Waals surface area contributed by atoms with Gasteiger partial charge in [0.25, 0.3) is 0 Å². The van der Waals surface area contributed by atoms with Crippen LogP contribution in [0, 0.1) is 11.8 Å². The van der Waals surface area contributed by atoms with Crippen molar-refractivity contribution in [1.29, 1.82) is 0 Å². The molecule has 1 saturated heterocycles. The van der Waals surface area contributed by atoms with Crippen molar-refractivity contribution in [3.05, 3.63) is 0 Å². The number of carboxylic acids is 1. The standard InChI is InChI=1S/C14H24N2O4/c1-10-4-6-16(12(8-10)13(17)18)14(19)15-5-7-20-9-11-2-3-11/h10-12H,2-9H2,1H3,(H,15,19)(H,17,18). The van der Waals surface area contributed by atoms with Crippen LogP contribution in [-0.4, -0.2) is 54.4 Å². The number of amides is 2. The van der Waals surface area contributed by atoms with Crippen LogP contribution in [0.3, 0.4) is 0 Å². The minimum Gasteiger partial charge on any atom is -0.480 e. The highest BCUT2D eigenvalue weighted by atomic mass is 16.5. The van der Waals surface area contributed by atoms with E-state index in [9.17, 15) is 14.7 Å². The molecule has 0 bridgehead atoms. The maximum absolute atomic E-state index is 12.0. The Kier molecular flexibility index (Phi) is 5.23. The lowest BCUT2D eigenvalue weighted by atomic mass is 9.93. The lowest BCUT2D eigenvalue weighted by Gasteiger charge is -2.35. The third-order valence-corrected chi connectivity index (χ3v) is 3.98. The smallest absolute Gasteiger partial charge is 0.326 e. The van der Waals surface area contributed by atoms with Crippen molar-refractivity contribution >= 4 is 12.0 Å². The molecule has 0 spiro atoms. The third-order valence-electron chi connectivity index (χ3n) is 3.98. The van der Waals surface area contributed by atoms with E-state index >= 15 is 0 Å². The van der Waals surface area contributed by atoms with Gasteiger partial charge in [0.1, 0.15) is 6.04 Å². The summed E-state index contributed by atoms with van der Waals surface area (Å²) in [7, 11) is 0. The molecular weight excluding hydrogens is 260 g/mol. The zero-order valence-electron chi connectivity index (χ0n) is 12.0. The number of hydrogen-bond donors (Lipinski definition) is 2. The number of likely N-dealkylation sites (tertiary alicyclic amines) is 1. The Labute approximate surface area is 119 Å². The quantitative estimate of drug-likeness (QED) is 0.721. The molecule has 20 heavy (non-hydrogen) atoms. The van der Waals surface area contributed by atoms with Crippen molar-refractivity contribution in [2.45, 2.75) is 38.6 Å². The van der Waals surface area contributed by atoms with Gasteiger partial charge < -0.3 is 20.1 Å². The van der Waals surface area contributed by atoms with E-state index < -0.39 is 12.0 Å². The van der Waals surface area contributed by atoms with Gasteiger partial charge in [-0.2, -0.15) is 0 Å². The molecule has 2 N–H and O–H groups in total. The van der Waals surface area contributed by atoms with Gasteiger partial charge in [-0.1, -0.05) is 6.92 Å². The fraction of sp³-hybridized carbons (Fsp3) is 0.857. The van der Waals surface area contributed by atoms with Gasteiger partial charge in [0, 0.05) is 19.7 Å². The number of piperidine rings is 1. The van der Waals surface area contributed by atoms with Crippen LogP contribution in [0.25, 0.3) is 0 Å². The molecule has 2 unspecified atom stereocenters. The highest BCUT2D eigenvalue weighted by Gasteiger charge is 2.34. The molecule has 1 aliphatic heterocycles. The number of carboxylic acid groups (broad SMARTS) is 1. The molecule has 114 valence electrons. The molecular formula is C14H24N2O4. The molecule has 0 aromatic rings. The number of rotatable bonds is 6. The number of nitrogens with zero attached hydrogens (tertiary/aromatic N) is 1. The number of carbonyl (C=O) groups is 2. The van der Waals surface area contributed by atoms with Gasteiger partial charge >= 0.3 is 12.0 Å². The minimum absolute atomic E-state index is 0.292. The van der Waals surface area contributed by atoms with Crippen LogP contribution in [0.2, 0.25) is 0 Å². The summed E-state index contributed by atoms with van der Waals surface area (Å²) in [5, 5.41) is 12.0. The summed E-state index contributed by atoms with van der Waals surface area (Å²) in [5.74, 6) is 0.143. The van der Waals surface area contributed by atoms with Gasteiger partial charge in [0.2, 0.25) is 0 Å². The van der Waals surface area contributed by atoms with E-state index in [-0.39, 0.29) is 6.03 Å². The summed E-state index contributed by atoms with van der Waals surface area (Å²) in [6, 6.07) is -0.995. The van der Waals surface area contributed by atoms with Crippen molar-refractivity contribution in [3.63, 3.8) is 0 Å². The lowest BCUT2D eigenvalue weighted by Crippen LogP contribution is -2.53. The second-order valence-corrected chi connectivity index (χ2v) is 5.93. The van der Waals surface area contributed by atoms with Crippen LogP contribution in [0.5, 0.6) is 0 Å². The summed E-state index contributed by atoms with van der Waals surface area (Å²) < 4.78 is 5.44. The Morgan fingerprint density at radius 2 is 2.10 bits per heavy atom. The Morgan fingerprint density at radius 1 is 1.35 bits per heavy atom. The first-order chi connectivity index (χ1) is 9.58. The van der Waals surface area contributed by atoms with Crippen LogP contribution < -0.4 is 5.32 Å². The van der Waals surface area contributed by atoms with E-state index in [0.717, 1.165) is 13.0 Å². The Bertz CT molecular complexity index is 357. The molecule has 1 aliphatic carbocycles. The molecule has 6 heteroatoms. The highest BCUT2D eigenvalue weighted by Crippen LogP contribution is 2.28. The molecule has 1 saturated carbocycles. The second-order valence-electron chi connectivity index (χ2n) is 5.93. The fourth-order valence-electron chi connectivity index (χ4n) is 2.48. The number of nitrogens with one attached hydrogen (secondary N) is 1. The first-order valence-electron chi connectivity index (χ1n) is 7.43. The van der Waals surface area contributed by atoms with Crippen LogP contribution in [0.4, 0.5) is 4.79 Å². The summed E-state index contributed by atoms with van der Waals surface area (Å²) in [6.07, 6.45) is 3.88.